The third-order valence-corrected chi connectivity index (χ3v) is 5.96. The van der Waals surface area contributed by atoms with E-state index in [-0.39, 0.29) is 27.8 Å². The van der Waals surface area contributed by atoms with Crippen LogP contribution in [-0.4, -0.2) is 49.1 Å². The molecule has 0 fully saturated rings. The van der Waals surface area contributed by atoms with Crippen LogP contribution in [0.25, 0.3) is 22.6 Å². The standard InChI is InChI=1S/C24H26ClN7O4/c1-5-11-31-21-19(23(34)32(12-6-2)24(31)35)28-20(29-21)14-7-9-16(26-13-14)30(3)22(33)18-15(25)8-10-17(27-18)36-4/h7-10,13H,5-6,11-12H2,1-4H3,(H,28,29). The Morgan fingerprint density at radius 2 is 1.81 bits per heavy atom. The maximum Gasteiger partial charge on any atom is 0.332 e. The number of ether oxygens (including phenoxy) is 1. The highest BCUT2D eigenvalue weighted by molar-refractivity contribution is 6.34. The summed E-state index contributed by atoms with van der Waals surface area (Å²) in [6.07, 6.45) is 2.90. The van der Waals surface area contributed by atoms with E-state index in [1.165, 1.54) is 27.3 Å². The van der Waals surface area contributed by atoms with Crippen molar-refractivity contribution < 1.29 is 9.53 Å². The van der Waals surface area contributed by atoms with E-state index in [9.17, 15) is 14.4 Å². The predicted octanol–water partition coefficient (Wildman–Crippen LogP) is 3.10. The number of rotatable bonds is 8. The minimum absolute atomic E-state index is 0.0407. The van der Waals surface area contributed by atoms with Crippen molar-refractivity contribution in [3.05, 3.63) is 62.0 Å². The van der Waals surface area contributed by atoms with Crippen LogP contribution in [0.5, 0.6) is 5.88 Å². The van der Waals surface area contributed by atoms with Gasteiger partial charge in [0.05, 0.1) is 12.1 Å². The van der Waals surface area contributed by atoms with E-state index in [0.717, 1.165) is 0 Å². The van der Waals surface area contributed by atoms with Crippen LogP contribution in [0.2, 0.25) is 5.02 Å². The molecule has 1 N–H and O–H groups in total. The molecule has 0 unspecified atom stereocenters. The molecule has 0 aliphatic carbocycles. The molecule has 0 saturated heterocycles. The van der Waals surface area contributed by atoms with Crippen LogP contribution < -0.4 is 20.9 Å². The Morgan fingerprint density at radius 3 is 2.44 bits per heavy atom. The molecule has 4 aromatic heterocycles. The quantitative estimate of drug-likeness (QED) is 0.385. The molecule has 0 atom stereocenters. The van der Waals surface area contributed by atoms with Gasteiger partial charge >= 0.3 is 5.69 Å². The highest BCUT2D eigenvalue weighted by atomic mass is 35.5. The zero-order chi connectivity index (χ0) is 26.0. The maximum atomic E-state index is 13.0. The van der Waals surface area contributed by atoms with Gasteiger partial charge in [-0.1, -0.05) is 25.4 Å². The highest BCUT2D eigenvalue weighted by Crippen LogP contribution is 2.23. The van der Waals surface area contributed by atoms with Crippen molar-refractivity contribution in [2.75, 3.05) is 19.1 Å². The van der Waals surface area contributed by atoms with E-state index >= 15 is 0 Å². The van der Waals surface area contributed by atoms with Crippen molar-refractivity contribution >= 4 is 34.5 Å². The molecule has 0 saturated carbocycles. The monoisotopic (exact) mass is 511 g/mol. The number of aromatic nitrogens is 6. The average molecular weight is 512 g/mol. The molecule has 0 bridgehead atoms. The van der Waals surface area contributed by atoms with E-state index in [0.29, 0.717) is 48.8 Å². The van der Waals surface area contributed by atoms with Crippen LogP contribution in [0.3, 0.4) is 0 Å². The molecule has 4 heterocycles. The van der Waals surface area contributed by atoms with Gasteiger partial charge in [-0.3, -0.25) is 23.6 Å². The minimum atomic E-state index is -0.456. The number of pyridine rings is 2. The van der Waals surface area contributed by atoms with Crippen LogP contribution in [0.1, 0.15) is 37.2 Å². The molecule has 0 aromatic carbocycles. The summed E-state index contributed by atoms with van der Waals surface area (Å²) in [6.45, 7) is 4.63. The second kappa shape index (κ2) is 10.3. The number of H-pyrrole nitrogens is 1. The van der Waals surface area contributed by atoms with Gasteiger partial charge in [0, 0.05) is 38.0 Å². The van der Waals surface area contributed by atoms with Crippen LogP contribution in [0.4, 0.5) is 5.82 Å². The molecule has 36 heavy (non-hydrogen) atoms. The average Bonchev–Trinajstić information content (AvgIpc) is 3.34. The first-order valence-corrected chi connectivity index (χ1v) is 11.9. The van der Waals surface area contributed by atoms with Gasteiger partial charge in [0.1, 0.15) is 17.2 Å². The van der Waals surface area contributed by atoms with Crippen molar-refractivity contribution in [3.8, 4) is 17.3 Å². The van der Waals surface area contributed by atoms with Gasteiger partial charge in [-0.05, 0) is 31.0 Å². The Labute approximate surface area is 211 Å². The molecule has 0 aliphatic rings. The molecule has 4 rings (SSSR count). The molecule has 0 aliphatic heterocycles. The lowest BCUT2D eigenvalue weighted by Gasteiger charge is -2.16. The molecule has 1 amide bonds. The predicted molar refractivity (Wildman–Crippen MR) is 137 cm³/mol. The Balaban J connectivity index is 1.70. The molecular weight excluding hydrogens is 486 g/mol. The number of methoxy groups -OCH3 is 1. The van der Waals surface area contributed by atoms with Gasteiger partial charge in [0.25, 0.3) is 11.5 Å². The number of carbonyl (C=O) groups is 1. The van der Waals surface area contributed by atoms with Gasteiger partial charge in [0.2, 0.25) is 5.88 Å². The Kier molecular flexibility index (Phi) is 7.20. The number of nitrogens with zero attached hydrogens (tertiary/aromatic N) is 6. The smallest absolute Gasteiger partial charge is 0.332 e. The van der Waals surface area contributed by atoms with Crippen LogP contribution in [0, 0.1) is 0 Å². The summed E-state index contributed by atoms with van der Waals surface area (Å²) in [4.78, 5) is 56.2. The highest BCUT2D eigenvalue weighted by Gasteiger charge is 2.21. The molecule has 11 nitrogen and oxygen atoms in total. The summed E-state index contributed by atoms with van der Waals surface area (Å²) in [5, 5.41) is 0.193. The molecule has 4 aromatic rings. The molecule has 188 valence electrons. The van der Waals surface area contributed by atoms with E-state index in [2.05, 4.69) is 19.9 Å². The maximum absolute atomic E-state index is 13.0. The number of aryl methyl sites for hydroxylation is 1. The number of hydrogen-bond donors (Lipinski definition) is 1. The fraction of sp³-hybridized carbons (Fsp3) is 0.333. The second-order valence-electron chi connectivity index (χ2n) is 8.13. The minimum Gasteiger partial charge on any atom is -0.481 e. The van der Waals surface area contributed by atoms with Crippen molar-refractivity contribution in [3.63, 3.8) is 0 Å². The summed E-state index contributed by atoms with van der Waals surface area (Å²) < 4.78 is 7.84. The summed E-state index contributed by atoms with van der Waals surface area (Å²) in [5.41, 5.74) is 0.434. The lowest BCUT2D eigenvalue weighted by molar-refractivity contribution is 0.0987. The molecule has 0 spiro atoms. The fourth-order valence-corrected chi connectivity index (χ4v) is 4.01. The van der Waals surface area contributed by atoms with Crippen molar-refractivity contribution in [2.24, 2.45) is 0 Å². The van der Waals surface area contributed by atoms with Crippen molar-refractivity contribution in [2.45, 2.75) is 39.8 Å². The first-order chi connectivity index (χ1) is 17.3. The number of hydrogen-bond acceptors (Lipinski definition) is 7. The number of fused-ring (bicyclic) bond motifs is 1. The number of anilines is 1. The van der Waals surface area contributed by atoms with Crippen LogP contribution >= 0.6 is 11.6 Å². The zero-order valence-corrected chi connectivity index (χ0v) is 21.2. The number of halogens is 1. The van der Waals surface area contributed by atoms with Gasteiger partial charge < -0.3 is 9.72 Å². The Hall–Kier alpha value is -3.99. The van der Waals surface area contributed by atoms with E-state index in [1.807, 2.05) is 13.8 Å². The first-order valence-electron chi connectivity index (χ1n) is 11.5. The lowest BCUT2D eigenvalue weighted by atomic mass is 10.2. The summed E-state index contributed by atoms with van der Waals surface area (Å²) in [7, 11) is 3.01. The topological polar surface area (TPSA) is 128 Å². The summed E-state index contributed by atoms with van der Waals surface area (Å²) in [5.74, 6) is 0.562. The third kappa shape index (κ3) is 4.49. The summed E-state index contributed by atoms with van der Waals surface area (Å²) in [6, 6.07) is 6.47. The van der Waals surface area contributed by atoms with E-state index < -0.39 is 11.5 Å². The van der Waals surface area contributed by atoms with Crippen molar-refractivity contribution in [1.82, 2.24) is 29.1 Å². The third-order valence-electron chi connectivity index (χ3n) is 5.66. The zero-order valence-electron chi connectivity index (χ0n) is 20.4. The van der Waals surface area contributed by atoms with E-state index in [1.54, 1.807) is 31.3 Å². The summed E-state index contributed by atoms with van der Waals surface area (Å²) >= 11 is 6.16. The number of nitrogens with one attached hydrogen (secondary N) is 1. The number of imidazole rings is 1. The van der Waals surface area contributed by atoms with Gasteiger partial charge in [-0.25, -0.2) is 19.7 Å². The first kappa shape index (κ1) is 25.1. The largest absolute Gasteiger partial charge is 0.481 e. The van der Waals surface area contributed by atoms with Gasteiger partial charge in [-0.2, -0.15) is 0 Å². The lowest BCUT2D eigenvalue weighted by Crippen LogP contribution is -2.40. The molecule has 0 radical (unpaired) electrons. The number of carbonyl (C=O) groups excluding carboxylic acids is 1. The Morgan fingerprint density at radius 1 is 1.08 bits per heavy atom. The van der Waals surface area contributed by atoms with Gasteiger partial charge in [-0.15, -0.1) is 0 Å². The van der Waals surface area contributed by atoms with Crippen LogP contribution in [0.15, 0.2) is 40.1 Å². The molecular formula is C24H26ClN7O4. The normalized spacial score (nSPS) is 11.1. The SMILES string of the molecule is CCCn1c(=O)c2[nH]c(-c3ccc(N(C)C(=O)c4nc(OC)ccc4Cl)nc3)nc2n(CCC)c1=O. The Bertz CT molecular complexity index is 1540. The number of aromatic amines is 1. The number of amides is 1. The molecule has 12 heteroatoms. The van der Waals surface area contributed by atoms with E-state index in [4.69, 9.17) is 16.3 Å². The second-order valence-corrected chi connectivity index (χ2v) is 8.54. The fourth-order valence-electron chi connectivity index (χ4n) is 3.82. The van der Waals surface area contributed by atoms with Gasteiger partial charge in [0.15, 0.2) is 11.3 Å². The van der Waals surface area contributed by atoms with Crippen molar-refractivity contribution in [1.29, 1.82) is 0 Å². The van der Waals surface area contributed by atoms with Crippen LogP contribution in [-0.2, 0) is 13.1 Å².